The molecule has 0 saturated heterocycles. The summed E-state index contributed by atoms with van der Waals surface area (Å²) in [5, 5.41) is 8.96. The van der Waals surface area contributed by atoms with Gasteiger partial charge >= 0.3 is 0 Å². The van der Waals surface area contributed by atoms with E-state index in [0.29, 0.717) is 48.2 Å². The molecule has 0 aliphatic rings. The zero-order valence-electron chi connectivity index (χ0n) is 17.4. The van der Waals surface area contributed by atoms with Crippen LogP contribution in [0.3, 0.4) is 0 Å². The number of carbonyl (C=O) groups is 1. The fourth-order valence-electron chi connectivity index (χ4n) is 3.17. The fourth-order valence-corrected chi connectivity index (χ4v) is 4.70. The van der Waals surface area contributed by atoms with Crippen LogP contribution in [0.5, 0.6) is 5.75 Å². The predicted octanol–water partition coefficient (Wildman–Crippen LogP) is 8.14. The minimum absolute atomic E-state index is 0.165. The smallest absolute Gasteiger partial charge is 0.256 e. The van der Waals surface area contributed by atoms with Crippen LogP contribution < -0.4 is 10.1 Å². The molecule has 0 atom stereocenters. The van der Waals surface area contributed by atoms with Gasteiger partial charge in [-0.2, -0.15) is 5.10 Å². The van der Waals surface area contributed by atoms with Gasteiger partial charge in [0.2, 0.25) is 0 Å². The highest BCUT2D eigenvalue weighted by Gasteiger charge is 2.14. The van der Waals surface area contributed by atoms with Gasteiger partial charge in [0, 0.05) is 21.8 Å². The summed E-state index contributed by atoms with van der Waals surface area (Å²) in [5.41, 5.74) is 2.13. The summed E-state index contributed by atoms with van der Waals surface area (Å²) in [7, 11) is 0. The summed E-state index contributed by atoms with van der Waals surface area (Å²) in [6.07, 6.45) is 1.78. The van der Waals surface area contributed by atoms with E-state index in [9.17, 15) is 4.79 Å². The van der Waals surface area contributed by atoms with Gasteiger partial charge < -0.3 is 10.1 Å². The lowest BCUT2D eigenvalue weighted by molar-refractivity contribution is 0.102. The normalized spacial score (nSPS) is 10.9. The molecular weight excluding hydrogens is 584 g/mol. The van der Waals surface area contributed by atoms with Crippen LogP contribution in [0.1, 0.15) is 21.5 Å². The van der Waals surface area contributed by atoms with Crippen LogP contribution in [-0.2, 0) is 13.2 Å². The number of nitrogens with one attached hydrogen (secondary N) is 1. The molecule has 1 amide bonds. The maximum atomic E-state index is 12.9. The lowest BCUT2D eigenvalue weighted by Gasteiger charge is -2.11. The molecule has 0 saturated carbocycles. The number of anilines is 1. The third-order valence-corrected chi connectivity index (χ3v) is 6.50. The Balaban J connectivity index is 1.44. The fraction of sp³-hybridized carbons (Fsp3) is 0.0833. The SMILES string of the molecule is O=C(Nc1nn(Cc2ccccc2Cl)cc1Br)c1cccc(COc2c(Cl)cc(Cl)cc2Cl)c1. The second kappa shape index (κ2) is 11.0. The van der Waals surface area contributed by atoms with Crippen molar-refractivity contribution in [3.05, 3.63) is 108 Å². The molecule has 1 heterocycles. The predicted molar refractivity (Wildman–Crippen MR) is 141 cm³/mol. The van der Waals surface area contributed by atoms with Crippen molar-refractivity contribution in [3.8, 4) is 5.75 Å². The Bertz CT molecular complexity index is 1340. The number of hydrogen-bond donors (Lipinski definition) is 1. The first kappa shape index (κ1) is 24.9. The van der Waals surface area contributed by atoms with E-state index in [2.05, 4.69) is 26.3 Å². The van der Waals surface area contributed by atoms with Crippen LogP contribution in [0, 0.1) is 0 Å². The molecule has 174 valence electrons. The van der Waals surface area contributed by atoms with E-state index >= 15 is 0 Å². The maximum absolute atomic E-state index is 12.9. The average molecular weight is 600 g/mol. The van der Waals surface area contributed by atoms with Crippen molar-refractivity contribution in [2.24, 2.45) is 0 Å². The second-order valence-electron chi connectivity index (χ2n) is 7.26. The molecule has 4 rings (SSSR count). The molecule has 0 spiro atoms. The van der Waals surface area contributed by atoms with Crippen LogP contribution in [0.4, 0.5) is 5.82 Å². The van der Waals surface area contributed by atoms with Crippen molar-refractivity contribution in [1.82, 2.24) is 9.78 Å². The first-order valence-corrected chi connectivity index (χ1v) is 12.2. The minimum atomic E-state index is -0.312. The zero-order valence-corrected chi connectivity index (χ0v) is 22.0. The molecular formula is C24H16BrCl4N3O2. The van der Waals surface area contributed by atoms with Crippen LogP contribution >= 0.6 is 62.3 Å². The van der Waals surface area contributed by atoms with E-state index in [1.807, 2.05) is 30.3 Å². The lowest BCUT2D eigenvalue weighted by atomic mass is 10.1. The molecule has 10 heteroatoms. The van der Waals surface area contributed by atoms with Gasteiger partial charge in [-0.05, 0) is 57.4 Å². The number of benzene rings is 3. The zero-order chi connectivity index (χ0) is 24.2. The van der Waals surface area contributed by atoms with Crippen LogP contribution in [-0.4, -0.2) is 15.7 Å². The number of nitrogens with zero attached hydrogens (tertiary/aromatic N) is 2. The Morgan fingerprint density at radius 3 is 2.44 bits per heavy atom. The molecule has 0 aliphatic heterocycles. The largest absolute Gasteiger partial charge is 0.486 e. The van der Waals surface area contributed by atoms with E-state index < -0.39 is 0 Å². The van der Waals surface area contributed by atoms with E-state index in [4.69, 9.17) is 51.1 Å². The van der Waals surface area contributed by atoms with Crippen LogP contribution in [0.2, 0.25) is 20.1 Å². The Labute approximate surface area is 224 Å². The van der Waals surface area contributed by atoms with Gasteiger partial charge in [-0.1, -0.05) is 76.7 Å². The summed E-state index contributed by atoms with van der Waals surface area (Å²) < 4.78 is 8.11. The number of amides is 1. The Morgan fingerprint density at radius 2 is 1.71 bits per heavy atom. The van der Waals surface area contributed by atoms with Gasteiger partial charge in [-0.15, -0.1) is 0 Å². The van der Waals surface area contributed by atoms with Crippen molar-refractivity contribution in [2.45, 2.75) is 13.2 Å². The van der Waals surface area contributed by atoms with Crippen molar-refractivity contribution in [2.75, 3.05) is 5.32 Å². The maximum Gasteiger partial charge on any atom is 0.256 e. The number of carbonyl (C=O) groups excluding carboxylic acids is 1. The van der Waals surface area contributed by atoms with E-state index in [-0.39, 0.29) is 12.5 Å². The molecule has 0 aliphatic carbocycles. The van der Waals surface area contributed by atoms with Gasteiger partial charge in [0.05, 0.1) is 21.1 Å². The second-order valence-corrected chi connectivity index (χ2v) is 9.77. The van der Waals surface area contributed by atoms with Crippen molar-refractivity contribution < 1.29 is 9.53 Å². The molecule has 0 unspecified atom stereocenters. The molecule has 3 aromatic carbocycles. The highest BCUT2D eigenvalue weighted by atomic mass is 79.9. The Kier molecular flexibility index (Phi) is 8.06. The summed E-state index contributed by atoms with van der Waals surface area (Å²) >= 11 is 28.0. The standard InChI is InChI=1S/C24H16BrCl4N3O2/c25-18-12-32(11-16-5-1-2-7-19(16)27)31-23(18)30-24(33)15-6-3-4-14(8-15)13-34-22-20(28)9-17(26)10-21(22)29/h1-10,12H,11,13H2,(H,30,31,33). The minimum Gasteiger partial charge on any atom is -0.486 e. The van der Waals surface area contributed by atoms with E-state index in [0.717, 1.165) is 11.1 Å². The van der Waals surface area contributed by atoms with E-state index in [1.54, 1.807) is 41.2 Å². The summed E-state index contributed by atoms with van der Waals surface area (Å²) in [6, 6.07) is 17.7. The molecule has 0 radical (unpaired) electrons. The Hall–Kier alpha value is -2.22. The number of halogens is 5. The number of ether oxygens (including phenoxy) is 1. The summed E-state index contributed by atoms with van der Waals surface area (Å²) in [4.78, 5) is 12.9. The van der Waals surface area contributed by atoms with Crippen LogP contribution in [0.25, 0.3) is 0 Å². The first-order chi connectivity index (χ1) is 16.3. The molecule has 1 aromatic heterocycles. The van der Waals surface area contributed by atoms with Gasteiger partial charge in [-0.25, -0.2) is 0 Å². The quantitative estimate of drug-likeness (QED) is 0.233. The van der Waals surface area contributed by atoms with Crippen molar-refractivity contribution in [3.63, 3.8) is 0 Å². The van der Waals surface area contributed by atoms with Gasteiger partial charge in [0.1, 0.15) is 6.61 Å². The summed E-state index contributed by atoms with van der Waals surface area (Å²) in [5.74, 6) is 0.419. The molecule has 0 bridgehead atoms. The third-order valence-electron chi connectivity index (χ3n) is 4.77. The molecule has 0 fully saturated rings. The van der Waals surface area contributed by atoms with Gasteiger partial charge in [0.25, 0.3) is 5.91 Å². The molecule has 5 nitrogen and oxygen atoms in total. The average Bonchev–Trinajstić information content (AvgIpc) is 3.13. The highest BCUT2D eigenvalue weighted by molar-refractivity contribution is 9.10. The number of aromatic nitrogens is 2. The van der Waals surface area contributed by atoms with E-state index in [1.165, 1.54) is 0 Å². The summed E-state index contributed by atoms with van der Waals surface area (Å²) in [6.45, 7) is 0.634. The molecule has 4 aromatic rings. The van der Waals surface area contributed by atoms with Crippen LogP contribution in [0.15, 0.2) is 71.3 Å². The van der Waals surface area contributed by atoms with Crippen molar-refractivity contribution in [1.29, 1.82) is 0 Å². The third kappa shape index (κ3) is 6.06. The van der Waals surface area contributed by atoms with Crippen molar-refractivity contribution >= 4 is 74.1 Å². The lowest BCUT2D eigenvalue weighted by Crippen LogP contribution is -2.13. The monoisotopic (exact) mass is 597 g/mol. The highest BCUT2D eigenvalue weighted by Crippen LogP contribution is 2.36. The molecule has 1 N–H and O–H groups in total. The number of rotatable bonds is 7. The Morgan fingerprint density at radius 1 is 0.971 bits per heavy atom. The topological polar surface area (TPSA) is 56.2 Å². The number of hydrogen-bond acceptors (Lipinski definition) is 3. The molecule has 34 heavy (non-hydrogen) atoms. The van der Waals surface area contributed by atoms with Gasteiger partial charge in [-0.3, -0.25) is 9.48 Å². The first-order valence-electron chi connectivity index (χ1n) is 9.94. The van der Waals surface area contributed by atoms with Gasteiger partial charge in [0.15, 0.2) is 11.6 Å².